The topological polar surface area (TPSA) is 42.3 Å². The molecule has 1 fully saturated rings. The normalized spacial score (nSPS) is 19.1. The van der Waals surface area contributed by atoms with Crippen LogP contribution < -0.4 is 4.87 Å². The summed E-state index contributed by atoms with van der Waals surface area (Å²) in [6, 6.07) is 8.01. The van der Waals surface area contributed by atoms with E-state index in [-0.39, 0.29) is 17.3 Å². The molecule has 0 radical (unpaired) electrons. The summed E-state index contributed by atoms with van der Waals surface area (Å²) in [5.74, 6) is 0.0761. The minimum Gasteiger partial charge on any atom is -0.338 e. The van der Waals surface area contributed by atoms with Gasteiger partial charge in [-0.15, -0.1) is 0 Å². The number of amides is 1. The van der Waals surface area contributed by atoms with Crippen LogP contribution in [0.4, 0.5) is 0 Å². The Morgan fingerprint density at radius 2 is 2.14 bits per heavy atom. The van der Waals surface area contributed by atoms with Crippen LogP contribution in [0.3, 0.4) is 0 Å². The second-order valence-corrected chi connectivity index (χ2v) is 6.56. The van der Waals surface area contributed by atoms with Crippen LogP contribution in [0.5, 0.6) is 0 Å². The quantitative estimate of drug-likeness (QED) is 0.875. The number of carbonyl (C=O) groups excluding carboxylic acids is 1. The van der Waals surface area contributed by atoms with E-state index in [1.54, 1.807) is 4.57 Å². The Kier molecular flexibility index (Phi) is 4.10. The number of thiazole rings is 1. The first kappa shape index (κ1) is 14.3. The van der Waals surface area contributed by atoms with Crippen LogP contribution in [0.2, 0.25) is 0 Å². The molecule has 1 saturated heterocycles. The second-order valence-electron chi connectivity index (χ2n) is 5.57. The first-order chi connectivity index (χ1) is 10.2. The number of likely N-dealkylation sites (tertiary alicyclic amines) is 1. The van der Waals surface area contributed by atoms with Gasteiger partial charge in [-0.05, 0) is 37.8 Å². The van der Waals surface area contributed by atoms with Crippen molar-refractivity contribution in [3.05, 3.63) is 33.9 Å². The number of hydrogen-bond acceptors (Lipinski definition) is 3. The lowest BCUT2D eigenvalue weighted by Crippen LogP contribution is -2.45. The van der Waals surface area contributed by atoms with Crippen molar-refractivity contribution in [1.29, 1.82) is 0 Å². The third-order valence-electron chi connectivity index (χ3n) is 4.29. The lowest BCUT2D eigenvalue weighted by Gasteiger charge is -2.35. The summed E-state index contributed by atoms with van der Waals surface area (Å²) in [5.41, 5.74) is 0.867. The molecule has 112 valence electrons. The number of para-hydroxylation sites is 1. The number of rotatable bonds is 3. The Morgan fingerprint density at radius 3 is 2.95 bits per heavy atom. The molecule has 1 amide bonds. The summed E-state index contributed by atoms with van der Waals surface area (Å²) in [5, 5.41) is 0. The van der Waals surface area contributed by atoms with Gasteiger partial charge in [0.05, 0.1) is 10.2 Å². The van der Waals surface area contributed by atoms with Gasteiger partial charge in [0.2, 0.25) is 5.91 Å². The molecule has 2 aromatic rings. The van der Waals surface area contributed by atoms with E-state index >= 15 is 0 Å². The van der Waals surface area contributed by atoms with E-state index in [9.17, 15) is 9.59 Å². The molecule has 0 aliphatic carbocycles. The van der Waals surface area contributed by atoms with Crippen LogP contribution in [0.25, 0.3) is 10.2 Å². The predicted octanol–water partition coefficient (Wildman–Crippen LogP) is 2.85. The highest BCUT2D eigenvalue weighted by Crippen LogP contribution is 2.21. The Balaban J connectivity index is 1.86. The molecule has 1 aliphatic heterocycles. The van der Waals surface area contributed by atoms with E-state index in [0.717, 1.165) is 36.0 Å². The first-order valence-corrected chi connectivity index (χ1v) is 8.40. The van der Waals surface area contributed by atoms with Gasteiger partial charge in [-0.1, -0.05) is 30.4 Å². The molecule has 0 saturated carbocycles. The van der Waals surface area contributed by atoms with Crippen molar-refractivity contribution in [1.82, 2.24) is 9.47 Å². The van der Waals surface area contributed by atoms with E-state index in [0.29, 0.717) is 6.04 Å². The van der Waals surface area contributed by atoms with Crippen molar-refractivity contribution in [3.63, 3.8) is 0 Å². The molecule has 1 aromatic carbocycles. The predicted molar refractivity (Wildman–Crippen MR) is 85.7 cm³/mol. The summed E-state index contributed by atoms with van der Waals surface area (Å²) in [6.07, 6.45) is 4.34. The number of carbonyl (C=O) groups is 1. The van der Waals surface area contributed by atoms with Crippen LogP contribution >= 0.6 is 11.3 Å². The molecule has 0 N–H and O–H groups in total. The Labute approximate surface area is 128 Å². The molecule has 21 heavy (non-hydrogen) atoms. The van der Waals surface area contributed by atoms with Crippen molar-refractivity contribution >= 4 is 27.5 Å². The van der Waals surface area contributed by atoms with E-state index in [2.05, 4.69) is 6.92 Å². The van der Waals surface area contributed by atoms with Gasteiger partial charge in [0.1, 0.15) is 6.54 Å². The fourth-order valence-electron chi connectivity index (χ4n) is 3.14. The third-order valence-corrected chi connectivity index (χ3v) is 5.25. The molecule has 0 spiro atoms. The molecule has 1 unspecified atom stereocenters. The molecular weight excluding hydrogens is 284 g/mol. The van der Waals surface area contributed by atoms with E-state index in [1.165, 1.54) is 17.8 Å². The molecule has 2 heterocycles. The van der Waals surface area contributed by atoms with Crippen molar-refractivity contribution in [3.8, 4) is 0 Å². The van der Waals surface area contributed by atoms with Gasteiger partial charge in [0.15, 0.2) is 0 Å². The summed E-state index contributed by atoms with van der Waals surface area (Å²) >= 11 is 1.21. The molecule has 5 heteroatoms. The summed E-state index contributed by atoms with van der Waals surface area (Å²) in [6.45, 7) is 3.12. The first-order valence-electron chi connectivity index (χ1n) is 7.58. The van der Waals surface area contributed by atoms with Crippen LogP contribution in [0.15, 0.2) is 29.1 Å². The number of nitrogens with zero attached hydrogens (tertiary/aromatic N) is 2. The lowest BCUT2D eigenvalue weighted by molar-refractivity contribution is -0.135. The zero-order valence-corrected chi connectivity index (χ0v) is 13.1. The second kappa shape index (κ2) is 6.02. The Bertz CT molecular complexity index is 704. The molecular formula is C16H20N2O2S. The number of hydrogen-bond donors (Lipinski definition) is 0. The highest BCUT2D eigenvalue weighted by molar-refractivity contribution is 7.16. The SMILES string of the molecule is CCC1CCCCN1C(=O)Cn1c(=O)sc2ccccc21. The van der Waals surface area contributed by atoms with E-state index in [1.807, 2.05) is 29.2 Å². The zero-order valence-electron chi connectivity index (χ0n) is 12.2. The summed E-state index contributed by atoms with van der Waals surface area (Å²) in [4.78, 5) is 26.6. The highest BCUT2D eigenvalue weighted by atomic mass is 32.1. The average Bonchev–Trinajstić information content (AvgIpc) is 2.83. The van der Waals surface area contributed by atoms with Crippen LogP contribution in [0, 0.1) is 0 Å². The van der Waals surface area contributed by atoms with Gasteiger partial charge in [-0.2, -0.15) is 0 Å². The van der Waals surface area contributed by atoms with Crippen LogP contribution in [0.1, 0.15) is 32.6 Å². The largest absolute Gasteiger partial charge is 0.338 e. The molecule has 1 aliphatic rings. The molecule has 1 atom stereocenters. The molecule has 3 rings (SSSR count). The smallest absolute Gasteiger partial charge is 0.308 e. The summed E-state index contributed by atoms with van der Waals surface area (Å²) in [7, 11) is 0. The van der Waals surface area contributed by atoms with Crippen molar-refractivity contribution in [2.45, 2.75) is 45.2 Å². The number of benzene rings is 1. The molecule has 4 nitrogen and oxygen atoms in total. The van der Waals surface area contributed by atoms with Gasteiger partial charge in [-0.3, -0.25) is 14.2 Å². The third kappa shape index (κ3) is 2.75. The Hall–Kier alpha value is -1.62. The van der Waals surface area contributed by atoms with Gasteiger partial charge in [-0.25, -0.2) is 0 Å². The summed E-state index contributed by atoms with van der Waals surface area (Å²) < 4.78 is 2.56. The maximum atomic E-state index is 12.6. The van der Waals surface area contributed by atoms with Gasteiger partial charge < -0.3 is 4.90 Å². The van der Waals surface area contributed by atoms with Gasteiger partial charge >= 0.3 is 4.87 Å². The highest BCUT2D eigenvalue weighted by Gasteiger charge is 2.26. The fraction of sp³-hybridized carbons (Fsp3) is 0.500. The van der Waals surface area contributed by atoms with Crippen LogP contribution in [-0.2, 0) is 11.3 Å². The number of aromatic nitrogens is 1. The average molecular weight is 304 g/mol. The van der Waals surface area contributed by atoms with Crippen molar-refractivity contribution in [2.24, 2.45) is 0 Å². The maximum Gasteiger partial charge on any atom is 0.308 e. The standard InChI is InChI=1S/C16H20N2O2S/c1-2-12-7-5-6-10-17(12)15(19)11-18-13-8-3-4-9-14(13)21-16(18)20/h3-4,8-9,12H,2,5-7,10-11H2,1H3. The molecule has 0 bridgehead atoms. The number of fused-ring (bicyclic) bond motifs is 1. The van der Waals surface area contributed by atoms with Crippen LogP contribution in [-0.4, -0.2) is 28.0 Å². The zero-order chi connectivity index (χ0) is 14.8. The van der Waals surface area contributed by atoms with Gasteiger partial charge in [0.25, 0.3) is 0 Å². The van der Waals surface area contributed by atoms with Gasteiger partial charge in [0, 0.05) is 12.6 Å². The van der Waals surface area contributed by atoms with E-state index < -0.39 is 0 Å². The monoisotopic (exact) mass is 304 g/mol. The van der Waals surface area contributed by atoms with E-state index in [4.69, 9.17) is 0 Å². The fourth-order valence-corrected chi connectivity index (χ4v) is 4.03. The lowest BCUT2D eigenvalue weighted by atomic mass is 10.00. The van der Waals surface area contributed by atoms with Crippen molar-refractivity contribution in [2.75, 3.05) is 6.54 Å². The minimum absolute atomic E-state index is 0.0467. The van der Waals surface area contributed by atoms with Crippen molar-refractivity contribution < 1.29 is 4.79 Å². The molecule has 1 aromatic heterocycles. The minimum atomic E-state index is -0.0467. The Morgan fingerprint density at radius 1 is 1.33 bits per heavy atom. The maximum absolute atomic E-state index is 12.6. The number of piperidine rings is 1.